The molecule has 1 saturated carbocycles. The van der Waals surface area contributed by atoms with Crippen LogP contribution in [0.4, 0.5) is 0 Å². The zero-order valence-corrected chi connectivity index (χ0v) is 12.3. The van der Waals surface area contributed by atoms with Crippen LogP contribution in [0.3, 0.4) is 0 Å². The summed E-state index contributed by atoms with van der Waals surface area (Å²) < 4.78 is 0.894. The molecule has 2 rings (SSSR count). The summed E-state index contributed by atoms with van der Waals surface area (Å²) in [6, 6.07) is 0. The second kappa shape index (κ2) is 5.69. The van der Waals surface area contributed by atoms with Crippen molar-refractivity contribution in [3.05, 3.63) is 21.1 Å². The van der Waals surface area contributed by atoms with E-state index in [4.69, 9.17) is 11.6 Å². The van der Waals surface area contributed by atoms with Crippen LogP contribution in [-0.4, -0.2) is 16.2 Å². The average molecular weight is 322 g/mol. The normalized spacial score (nSPS) is 16.9. The first-order valence-corrected chi connectivity index (χ1v) is 7.99. The Morgan fingerprint density at radius 1 is 1.38 bits per heavy atom. The number of thioether (sulfide) groups is 1. The molecular formula is C11H14BrClN2S. The molecule has 0 atom stereocenters. The van der Waals surface area contributed by atoms with Crippen molar-refractivity contribution < 1.29 is 0 Å². The van der Waals surface area contributed by atoms with Gasteiger partial charge < -0.3 is 0 Å². The Morgan fingerprint density at radius 3 is 2.69 bits per heavy atom. The molecule has 0 aliphatic heterocycles. The van der Waals surface area contributed by atoms with Gasteiger partial charge in [-0.3, -0.25) is 0 Å². The molecule has 1 aliphatic carbocycles. The first-order valence-electron chi connectivity index (χ1n) is 5.43. The summed E-state index contributed by atoms with van der Waals surface area (Å²) in [4.78, 5) is 8.92. The van der Waals surface area contributed by atoms with Crippen molar-refractivity contribution in [2.75, 3.05) is 6.26 Å². The predicted octanol–water partition coefficient (Wildman–Crippen LogP) is 4.41. The number of halogens is 2. The zero-order chi connectivity index (χ0) is 11.5. The first-order chi connectivity index (χ1) is 7.72. The van der Waals surface area contributed by atoms with Gasteiger partial charge in [0.15, 0.2) is 0 Å². The van der Waals surface area contributed by atoms with E-state index in [1.165, 1.54) is 25.7 Å². The summed E-state index contributed by atoms with van der Waals surface area (Å²) in [6.07, 6.45) is 7.11. The van der Waals surface area contributed by atoms with E-state index in [1.807, 2.05) is 0 Å². The third-order valence-electron chi connectivity index (χ3n) is 2.90. The molecule has 0 radical (unpaired) electrons. The maximum absolute atomic E-state index is 6.13. The highest BCUT2D eigenvalue weighted by Crippen LogP contribution is 2.38. The van der Waals surface area contributed by atoms with Crippen LogP contribution in [0.2, 0.25) is 5.15 Å². The van der Waals surface area contributed by atoms with Gasteiger partial charge >= 0.3 is 0 Å². The minimum atomic E-state index is 0.556. The van der Waals surface area contributed by atoms with Crippen LogP contribution >= 0.6 is 39.3 Å². The SMILES string of the molecule is CSCc1nc(Cl)c(Br)c(C2CCCC2)n1. The Labute approximate surface area is 114 Å². The van der Waals surface area contributed by atoms with Gasteiger partial charge in [0.1, 0.15) is 11.0 Å². The third-order valence-corrected chi connectivity index (χ3v) is 4.73. The number of hydrogen-bond acceptors (Lipinski definition) is 3. The van der Waals surface area contributed by atoms with Gasteiger partial charge in [-0.2, -0.15) is 11.8 Å². The highest BCUT2D eigenvalue weighted by Gasteiger charge is 2.23. The van der Waals surface area contributed by atoms with Crippen LogP contribution in [0.25, 0.3) is 0 Å². The van der Waals surface area contributed by atoms with E-state index in [0.717, 1.165) is 21.7 Å². The van der Waals surface area contributed by atoms with Crippen molar-refractivity contribution >= 4 is 39.3 Å². The maximum Gasteiger partial charge on any atom is 0.147 e. The van der Waals surface area contributed by atoms with Gasteiger partial charge in [0.25, 0.3) is 0 Å². The zero-order valence-electron chi connectivity index (χ0n) is 9.17. The van der Waals surface area contributed by atoms with Gasteiger partial charge in [-0.05, 0) is 35.0 Å². The van der Waals surface area contributed by atoms with E-state index in [2.05, 4.69) is 32.2 Å². The Bertz CT molecular complexity index is 380. The molecule has 1 aliphatic rings. The Hall–Kier alpha value is 0.200. The van der Waals surface area contributed by atoms with Gasteiger partial charge in [-0.15, -0.1) is 0 Å². The Kier molecular flexibility index (Phi) is 4.50. The molecule has 88 valence electrons. The maximum atomic E-state index is 6.13. The van der Waals surface area contributed by atoms with Crippen LogP contribution in [0.5, 0.6) is 0 Å². The van der Waals surface area contributed by atoms with Crippen LogP contribution < -0.4 is 0 Å². The lowest BCUT2D eigenvalue weighted by atomic mass is 10.0. The van der Waals surface area contributed by atoms with E-state index in [0.29, 0.717) is 11.1 Å². The fourth-order valence-corrected chi connectivity index (χ4v) is 3.23. The molecule has 0 bridgehead atoms. The second-order valence-corrected chi connectivity index (χ2v) is 6.06. The van der Waals surface area contributed by atoms with E-state index >= 15 is 0 Å². The molecule has 0 spiro atoms. The van der Waals surface area contributed by atoms with Crippen LogP contribution in [0, 0.1) is 0 Å². The molecule has 1 aromatic heterocycles. The van der Waals surface area contributed by atoms with Gasteiger partial charge in [0, 0.05) is 5.92 Å². The Balaban J connectivity index is 2.33. The summed E-state index contributed by atoms with van der Waals surface area (Å²) in [5.41, 5.74) is 1.11. The fraction of sp³-hybridized carbons (Fsp3) is 0.636. The molecule has 0 unspecified atom stereocenters. The standard InChI is InChI=1S/C11H14BrClN2S/c1-16-6-8-14-10(7-4-2-3-5-7)9(12)11(13)15-8/h7H,2-6H2,1H3. The lowest BCUT2D eigenvalue weighted by Gasteiger charge is -2.12. The van der Waals surface area contributed by atoms with Gasteiger partial charge in [-0.25, -0.2) is 9.97 Å². The monoisotopic (exact) mass is 320 g/mol. The summed E-state index contributed by atoms with van der Waals surface area (Å²) >= 11 is 11.4. The predicted molar refractivity (Wildman–Crippen MR) is 73.2 cm³/mol. The first kappa shape index (κ1) is 12.7. The minimum Gasteiger partial charge on any atom is -0.235 e. The average Bonchev–Trinajstić information content (AvgIpc) is 2.76. The molecule has 1 heterocycles. The van der Waals surface area contributed by atoms with E-state index in [1.54, 1.807) is 11.8 Å². The van der Waals surface area contributed by atoms with E-state index in [-0.39, 0.29) is 0 Å². The highest BCUT2D eigenvalue weighted by molar-refractivity contribution is 9.10. The van der Waals surface area contributed by atoms with Gasteiger partial charge in [0.05, 0.1) is 15.9 Å². The lowest BCUT2D eigenvalue weighted by molar-refractivity contribution is 0.683. The molecule has 2 nitrogen and oxygen atoms in total. The van der Waals surface area contributed by atoms with Gasteiger partial charge in [0.2, 0.25) is 0 Å². The van der Waals surface area contributed by atoms with Crippen molar-refractivity contribution in [3.8, 4) is 0 Å². The van der Waals surface area contributed by atoms with E-state index in [9.17, 15) is 0 Å². The van der Waals surface area contributed by atoms with Gasteiger partial charge in [-0.1, -0.05) is 24.4 Å². The third kappa shape index (κ3) is 2.71. The summed E-state index contributed by atoms with van der Waals surface area (Å²) in [7, 11) is 0. The van der Waals surface area contributed by atoms with Crippen molar-refractivity contribution in [3.63, 3.8) is 0 Å². The number of hydrogen-bond donors (Lipinski definition) is 0. The second-order valence-electron chi connectivity index (χ2n) is 4.04. The van der Waals surface area contributed by atoms with Crippen LogP contribution in [-0.2, 0) is 5.75 Å². The van der Waals surface area contributed by atoms with Crippen LogP contribution in [0.1, 0.15) is 43.1 Å². The molecule has 5 heteroatoms. The molecule has 1 fully saturated rings. The molecule has 1 aromatic rings. The largest absolute Gasteiger partial charge is 0.235 e. The molecular weight excluding hydrogens is 308 g/mol. The molecule has 0 aromatic carbocycles. The van der Waals surface area contributed by atoms with Crippen LogP contribution in [0.15, 0.2) is 4.47 Å². The molecule has 16 heavy (non-hydrogen) atoms. The highest BCUT2D eigenvalue weighted by atomic mass is 79.9. The number of aromatic nitrogens is 2. The summed E-state index contributed by atoms with van der Waals surface area (Å²) in [5, 5.41) is 0.556. The van der Waals surface area contributed by atoms with E-state index < -0.39 is 0 Å². The van der Waals surface area contributed by atoms with Crippen molar-refractivity contribution in [1.82, 2.24) is 9.97 Å². The Morgan fingerprint density at radius 2 is 2.06 bits per heavy atom. The molecule has 0 amide bonds. The number of rotatable bonds is 3. The minimum absolute atomic E-state index is 0.556. The summed E-state index contributed by atoms with van der Waals surface area (Å²) in [6.45, 7) is 0. The summed E-state index contributed by atoms with van der Waals surface area (Å²) in [5.74, 6) is 2.24. The van der Waals surface area contributed by atoms with Crippen molar-refractivity contribution in [2.45, 2.75) is 37.4 Å². The fourth-order valence-electron chi connectivity index (χ4n) is 2.14. The topological polar surface area (TPSA) is 25.8 Å². The molecule has 0 N–H and O–H groups in total. The lowest BCUT2D eigenvalue weighted by Crippen LogP contribution is -2.04. The van der Waals surface area contributed by atoms with Crippen molar-refractivity contribution in [2.24, 2.45) is 0 Å². The van der Waals surface area contributed by atoms with Crippen molar-refractivity contribution in [1.29, 1.82) is 0 Å². The quantitative estimate of drug-likeness (QED) is 0.771. The smallest absolute Gasteiger partial charge is 0.147 e. The molecule has 0 saturated heterocycles. The number of nitrogens with zero attached hydrogens (tertiary/aromatic N) is 2.